The van der Waals surface area contributed by atoms with E-state index in [4.69, 9.17) is 37.9 Å². The number of para-hydroxylation sites is 2. The summed E-state index contributed by atoms with van der Waals surface area (Å²) in [6.45, 7) is 11.4. The van der Waals surface area contributed by atoms with Gasteiger partial charge in [-0.1, -0.05) is 49.6 Å². The van der Waals surface area contributed by atoms with Crippen LogP contribution in [0.25, 0.3) is 0 Å². The van der Waals surface area contributed by atoms with Crippen LogP contribution in [0.2, 0.25) is 0 Å². The first-order chi connectivity index (χ1) is 26.1. The van der Waals surface area contributed by atoms with Gasteiger partial charge in [-0.2, -0.15) is 0 Å². The van der Waals surface area contributed by atoms with E-state index >= 15 is 0 Å². The highest BCUT2D eigenvalue weighted by Crippen LogP contribution is 2.29. The highest BCUT2D eigenvalue weighted by Gasteiger charge is 2.23. The number of benzene rings is 2. The maximum absolute atomic E-state index is 12.4. The van der Waals surface area contributed by atoms with Crippen molar-refractivity contribution in [2.45, 2.75) is 45.6 Å². The van der Waals surface area contributed by atoms with E-state index in [9.17, 15) is 19.2 Å². The second-order valence-corrected chi connectivity index (χ2v) is 12.7. The summed E-state index contributed by atoms with van der Waals surface area (Å²) in [7, 11) is 0. The lowest BCUT2D eigenvalue weighted by Gasteiger charge is -2.28. The summed E-state index contributed by atoms with van der Waals surface area (Å²) in [5, 5.41) is 5.10. The van der Waals surface area contributed by atoms with Gasteiger partial charge in [0.25, 0.3) is 0 Å². The Hall–Kier alpha value is -5.34. The van der Waals surface area contributed by atoms with Gasteiger partial charge in [0.1, 0.15) is 44.2 Å². The lowest BCUT2D eigenvalue weighted by molar-refractivity contribution is -0.139. The zero-order valence-electron chi connectivity index (χ0n) is 31.1. The Labute approximate surface area is 316 Å². The van der Waals surface area contributed by atoms with E-state index in [0.717, 1.165) is 25.7 Å². The third-order valence-electron chi connectivity index (χ3n) is 7.87. The van der Waals surface area contributed by atoms with E-state index < -0.39 is 30.2 Å². The predicted octanol–water partition coefficient (Wildman–Crippen LogP) is 5.89. The van der Waals surface area contributed by atoms with Gasteiger partial charge in [-0.3, -0.25) is 0 Å². The van der Waals surface area contributed by atoms with Crippen molar-refractivity contribution in [1.82, 2.24) is 10.6 Å². The molecule has 1 fully saturated rings. The Morgan fingerprint density at radius 1 is 0.722 bits per heavy atom. The molecule has 14 nitrogen and oxygen atoms in total. The number of ether oxygens (including phenoxy) is 8. The Kier molecular flexibility index (Phi) is 19.8. The van der Waals surface area contributed by atoms with Crippen LogP contribution in [-0.4, -0.2) is 89.6 Å². The van der Waals surface area contributed by atoms with Crippen molar-refractivity contribution >= 4 is 24.1 Å². The first-order valence-corrected chi connectivity index (χ1v) is 17.9. The van der Waals surface area contributed by atoms with Crippen LogP contribution in [-0.2, 0) is 38.0 Å². The molecule has 0 aliphatic heterocycles. The molecule has 2 aromatic rings. The molecular formula is C40H52N2O12. The van der Waals surface area contributed by atoms with Gasteiger partial charge in [0.15, 0.2) is 11.9 Å². The minimum atomic E-state index is -0.741. The van der Waals surface area contributed by atoms with Gasteiger partial charge >= 0.3 is 24.1 Å². The van der Waals surface area contributed by atoms with Crippen molar-refractivity contribution in [2.24, 2.45) is 11.8 Å². The maximum atomic E-state index is 12.4. The maximum Gasteiger partial charge on any atom is 0.412 e. The number of nitrogens with one attached hydrogen (secondary N) is 2. The predicted molar refractivity (Wildman–Crippen MR) is 198 cm³/mol. The molecule has 1 aliphatic carbocycles. The molecule has 1 saturated carbocycles. The second-order valence-electron chi connectivity index (χ2n) is 12.7. The molecule has 0 saturated heterocycles. The van der Waals surface area contributed by atoms with Gasteiger partial charge in [-0.25, -0.2) is 19.2 Å². The van der Waals surface area contributed by atoms with Crippen LogP contribution in [0.5, 0.6) is 11.5 Å². The molecule has 14 heteroatoms. The normalized spacial score (nSPS) is 15.9. The van der Waals surface area contributed by atoms with E-state index in [1.165, 1.54) is 13.2 Å². The average Bonchev–Trinajstić information content (AvgIpc) is 3.17. The van der Waals surface area contributed by atoms with Crippen LogP contribution < -0.4 is 20.1 Å². The minimum absolute atomic E-state index is 0.00754. The quantitative estimate of drug-likeness (QED) is 0.0456. The van der Waals surface area contributed by atoms with Crippen LogP contribution in [0.1, 0.15) is 39.5 Å². The first kappa shape index (κ1) is 43.1. The highest BCUT2D eigenvalue weighted by atomic mass is 16.6. The van der Waals surface area contributed by atoms with Crippen molar-refractivity contribution in [1.29, 1.82) is 0 Å². The minimum Gasteiger partial charge on any atom is -0.490 e. The smallest absolute Gasteiger partial charge is 0.412 e. The topological polar surface area (TPSA) is 166 Å². The van der Waals surface area contributed by atoms with Gasteiger partial charge in [0, 0.05) is 24.4 Å². The standard InChI is InChI=1S/C40H52N2O12/c1-29(2)37(43)49-21-19-41-39(45)53-35(27-51-33-11-7-5-8-12-33)25-47-23-31-15-17-32(18-16-31)24-48-26-36(28-52-34-13-9-6-10-14-34)54-40(46)42-20-22-50-38(44)30(3)4/h5-14,27,31-32,36H,1,3,15-26,28H2,2,4H3,(H,41,45)(H,42,46)/b35-27-. The molecule has 0 bridgehead atoms. The van der Waals surface area contributed by atoms with Crippen LogP contribution in [0.15, 0.2) is 97.0 Å². The van der Waals surface area contributed by atoms with Crippen LogP contribution >= 0.6 is 0 Å². The van der Waals surface area contributed by atoms with E-state index in [2.05, 4.69) is 23.8 Å². The van der Waals surface area contributed by atoms with E-state index in [-0.39, 0.29) is 63.0 Å². The number of esters is 2. The molecule has 0 heterocycles. The number of hydrogen-bond acceptors (Lipinski definition) is 12. The number of hydrogen-bond donors (Lipinski definition) is 2. The summed E-state index contributed by atoms with van der Waals surface area (Å²) in [6, 6.07) is 18.2. The average molecular weight is 753 g/mol. The molecule has 1 atom stereocenters. The third kappa shape index (κ3) is 18.4. The largest absolute Gasteiger partial charge is 0.490 e. The zero-order valence-corrected chi connectivity index (χ0v) is 31.1. The highest BCUT2D eigenvalue weighted by molar-refractivity contribution is 5.87. The third-order valence-corrected chi connectivity index (χ3v) is 7.87. The van der Waals surface area contributed by atoms with Crippen molar-refractivity contribution in [3.63, 3.8) is 0 Å². The monoisotopic (exact) mass is 752 g/mol. The fraction of sp³-hybridized carbons (Fsp3) is 0.450. The number of amides is 2. The molecule has 0 spiro atoms. The Balaban J connectivity index is 1.40. The van der Waals surface area contributed by atoms with E-state index in [1.807, 2.05) is 48.5 Å². The zero-order chi connectivity index (χ0) is 39.0. The van der Waals surface area contributed by atoms with Gasteiger partial charge in [-0.05, 0) is 75.6 Å². The molecule has 54 heavy (non-hydrogen) atoms. The van der Waals surface area contributed by atoms with Gasteiger partial charge in [-0.15, -0.1) is 0 Å². The summed E-state index contributed by atoms with van der Waals surface area (Å²) in [5.74, 6) is 0.934. The summed E-state index contributed by atoms with van der Waals surface area (Å²) in [5.41, 5.74) is 0.539. The molecule has 294 valence electrons. The molecule has 0 aromatic heterocycles. The van der Waals surface area contributed by atoms with Crippen molar-refractivity contribution in [3.05, 3.63) is 97.0 Å². The molecule has 2 aromatic carbocycles. The van der Waals surface area contributed by atoms with Crippen molar-refractivity contribution < 1.29 is 57.1 Å². The second kappa shape index (κ2) is 24.8. The SMILES string of the molecule is C=C(C)C(=O)OCCNC(=O)O/C(=C\Oc1ccccc1)COCC1CCC(COCC(COc2ccccc2)OC(=O)NCCOC(=O)C(=C)C)CC1. The van der Waals surface area contributed by atoms with Crippen LogP contribution in [0, 0.1) is 11.8 Å². The lowest BCUT2D eigenvalue weighted by Crippen LogP contribution is -2.37. The van der Waals surface area contributed by atoms with Crippen molar-refractivity contribution in [3.8, 4) is 11.5 Å². The number of rotatable bonds is 23. The molecule has 1 aliphatic rings. The van der Waals surface area contributed by atoms with E-state index in [1.54, 1.807) is 19.1 Å². The fourth-order valence-corrected chi connectivity index (χ4v) is 4.99. The van der Waals surface area contributed by atoms with Crippen molar-refractivity contribution in [2.75, 3.05) is 59.3 Å². The first-order valence-electron chi connectivity index (χ1n) is 17.9. The molecule has 2 amide bonds. The summed E-state index contributed by atoms with van der Waals surface area (Å²) in [4.78, 5) is 47.9. The fourth-order valence-electron chi connectivity index (χ4n) is 4.99. The Bertz CT molecular complexity index is 1510. The van der Waals surface area contributed by atoms with Gasteiger partial charge in [0.05, 0.1) is 19.7 Å². The Morgan fingerprint density at radius 2 is 1.24 bits per heavy atom. The molecule has 1 unspecified atom stereocenters. The number of carbonyl (C=O) groups is 4. The van der Waals surface area contributed by atoms with Crippen LogP contribution in [0.3, 0.4) is 0 Å². The molecule has 0 radical (unpaired) electrons. The van der Waals surface area contributed by atoms with Crippen LogP contribution in [0.4, 0.5) is 9.59 Å². The summed E-state index contributed by atoms with van der Waals surface area (Å²) >= 11 is 0. The molecule has 2 N–H and O–H groups in total. The Morgan fingerprint density at radius 3 is 1.80 bits per heavy atom. The van der Waals surface area contributed by atoms with E-state index in [0.29, 0.717) is 36.5 Å². The number of carbonyl (C=O) groups excluding carboxylic acids is 4. The lowest BCUT2D eigenvalue weighted by atomic mass is 9.83. The molecular weight excluding hydrogens is 700 g/mol. The van der Waals surface area contributed by atoms with Gasteiger partial charge in [0.2, 0.25) is 0 Å². The molecule has 3 rings (SSSR count). The number of alkyl carbamates (subject to hydrolysis) is 2. The summed E-state index contributed by atoms with van der Waals surface area (Å²) in [6.07, 6.45) is 2.94. The summed E-state index contributed by atoms with van der Waals surface area (Å²) < 4.78 is 44.4. The van der Waals surface area contributed by atoms with Gasteiger partial charge < -0.3 is 48.5 Å².